The molecule has 1 aliphatic carbocycles. The van der Waals surface area contributed by atoms with Gasteiger partial charge in [0.05, 0.1) is 12.0 Å². The van der Waals surface area contributed by atoms with Crippen LogP contribution in [0, 0.1) is 11.8 Å². The Balaban J connectivity index is 1.71. The van der Waals surface area contributed by atoms with Gasteiger partial charge in [-0.1, -0.05) is 36.6 Å². The Morgan fingerprint density at radius 1 is 1.17 bits per heavy atom. The van der Waals surface area contributed by atoms with Crippen LogP contribution in [0.15, 0.2) is 24.3 Å². The van der Waals surface area contributed by atoms with Gasteiger partial charge in [-0.25, -0.2) is 0 Å². The number of halogens is 1. The third kappa shape index (κ3) is 4.05. The highest BCUT2D eigenvalue weighted by molar-refractivity contribution is 6.30. The fourth-order valence-corrected chi connectivity index (χ4v) is 3.79. The minimum absolute atomic E-state index is 0.0408. The number of carbonyl (C=O) groups is 2. The lowest BCUT2D eigenvalue weighted by molar-refractivity contribution is -0.129. The largest absolute Gasteiger partial charge is 0.355 e. The Bertz CT molecular complexity index is 557. The summed E-state index contributed by atoms with van der Waals surface area (Å²) in [4.78, 5) is 23.9. The lowest BCUT2D eigenvalue weighted by Crippen LogP contribution is -2.44. The van der Waals surface area contributed by atoms with E-state index in [1.54, 1.807) is 0 Å². The van der Waals surface area contributed by atoms with Crippen molar-refractivity contribution < 1.29 is 9.59 Å². The second-order valence-corrected chi connectivity index (χ2v) is 7.06. The summed E-state index contributed by atoms with van der Waals surface area (Å²) in [5, 5.41) is 6.74. The van der Waals surface area contributed by atoms with Gasteiger partial charge in [0.15, 0.2) is 0 Å². The topological polar surface area (TPSA) is 58.2 Å². The van der Waals surface area contributed by atoms with E-state index in [-0.39, 0.29) is 23.8 Å². The molecule has 3 rings (SSSR count). The molecule has 1 saturated carbocycles. The second kappa shape index (κ2) is 7.35. The van der Waals surface area contributed by atoms with E-state index in [1.807, 2.05) is 24.3 Å². The predicted molar refractivity (Wildman–Crippen MR) is 90.0 cm³/mol. The third-order valence-corrected chi connectivity index (χ3v) is 5.29. The molecule has 1 aromatic carbocycles. The average Bonchev–Trinajstić information content (AvgIpc) is 3.08. The Hall–Kier alpha value is -1.55. The highest BCUT2D eigenvalue weighted by Gasteiger charge is 2.31. The van der Waals surface area contributed by atoms with Crippen LogP contribution in [0.4, 0.5) is 0 Å². The monoisotopic (exact) mass is 334 g/mol. The molecule has 1 saturated heterocycles. The van der Waals surface area contributed by atoms with Crippen molar-refractivity contribution in [2.75, 3.05) is 6.54 Å². The molecule has 0 aromatic heterocycles. The zero-order valence-electron chi connectivity index (χ0n) is 13.2. The van der Waals surface area contributed by atoms with Gasteiger partial charge in [-0.15, -0.1) is 0 Å². The molecule has 0 unspecified atom stereocenters. The average molecular weight is 335 g/mol. The van der Waals surface area contributed by atoms with Crippen LogP contribution >= 0.6 is 11.6 Å². The smallest absolute Gasteiger partial charge is 0.225 e. The van der Waals surface area contributed by atoms with Crippen molar-refractivity contribution in [3.05, 3.63) is 34.9 Å². The van der Waals surface area contributed by atoms with Gasteiger partial charge in [0.25, 0.3) is 0 Å². The zero-order chi connectivity index (χ0) is 16.2. The van der Waals surface area contributed by atoms with E-state index in [4.69, 9.17) is 11.6 Å². The number of amides is 2. The van der Waals surface area contributed by atoms with Crippen molar-refractivity contribution in [1.82, 2.24) is 10.6 Å². The number of nitrogens with one attached hydrogen (secondary N) is 2. The maximum Gasteiger partial charge on any atom is 0.225 e. The molecule has 0 bridgehead atoms. The Labute approximate surface area is 142 Å². The van der Waals surface area contributed by atoms with Crippen LogP contribution in [-0.2, 0) is 9.59 Å². The molecule has 1 aromatic rings. The van der Waals surface area contributed by atoms with E-state index < -0.39 is 0 Å². The van der Waals surface area contributed by atoms with Gasteiger partial charge in [-0.3, -0.25) is 9.59 Å². The lowest BCUT2D eigenvalue weighted by atomic mass is 9.90. The summed E-state index contributed by atoms with van der Waals surface area (Å²) in [6.07, 6.45) is 5.82. The molecule has 5 heteroatoms. The molecule has 2 N–H and O–H groups in total. The van der Waals surface area contributed by atoms with Gasteiger partial charge in [0, 0.05) is 18.0 Å². The molecule has 2 fully saturated rings. The van der Waals surface area contributed by atoms with Crippen molar-refractivity contribution in [2.45, 2.75) is 44.6 Å². The molecule has 4 nitrogen and oxygen atoms in total. The van der Waals surface area contributed by atoms with Gasteiger partial charge in [-0.2, -0.15) is 0 Å². The molecule has 2 aliphatic rings. The van der Waals surface area contributed by atoms with Crippen LogP contribution in [0.5, 0.6) is 0 Å². The summed E-state index contributed by atoms with van der Waals surface area (Å²) in [6.45, 7) is 0.447. The zero-order valence-corrected chi connectivity index (χ0v) is 13.9. The number of carbonyl (C=O) groups excluding carboxylic acids is 2. The van der Waals surface area contributed by atoms with Gasteiger partial charge < -0.3 is 10.6 Å². The van der Waals surface area contributed by atoms with Crippen LogP contribution in [0.3, 0.4) is 0 Å². The SMILES string of the molecule is O=C1CC[C@@H](C(=O)N[C@@H](c2ccc(Cl)cc2)C2CCCC2)CN1. The van der Waals surface area contributed by atoms with Crippen molar-refractivity contribution in [3.63, 3.8) is 0 Å². The van der Waals surface area contributed by atoms with E-state index in [2.05, 4.69) is 10.6 Å². The fraction of sp³-hybridized carbons (Fsp3) is 0.556. The quantitative estimate of drug-likeness (QED) is 0.888. The molecule has 2 atom stereocenters. The first-order valence-electron chi connectivity index (χ1n) is 8.46. The third-order valence-electron chi connectivity index (χ3n) is 5.03. The minimum atomic E-state index is -0.121. The van der Waals surface area contributed by atoms with Gasteiger partial charge in [-0.05, 0) is 42.9 Å². The van der Waals surface area contributed by atoms with Crippen molar-refractivity contribution >= 4 is 23.4 Å². The lowest BCUT2D eigenvalue weighted by Gasteiger charge is -2.29. The standard InChI is InChI=1S/C18H23ClN2O2/c19-15-8-5-13(6-9-15)17(12-3-1-2-4-12)21-18(23)14-7-10-16(22)20-11-14/h5-6,8-9,12,14,17H,1-4,7,10-11H2,(H,20,22)(H,21,23)/t14-,17-/m1/s1. The van der Waals surface area contributed by atoms with E-state index in [1.165, 1.54) is 12.8 Å². The van der Waals surface area contributed by atoms with Crippen LogP contribution in [0.2, 0.25) is 5.02 Å². The van der Waals surface area contributed by atoms with E-state index in [0.29, 0.717) is 30.3 Å². The fourth-order valence-electron chi connectivity index (χ4n) is 3.66. The summed E-state index contributed by atoms with van der Waals surface area (Å²) in [7, 11) is 0. The summed E-state index contributed by atoms with van der Waals surface area (Å²) in [5.74, 6) is 0.457. The normalized spacial score (nSPS) is 23.3. The predicted octanol–water partition coefficient (Wildman–Crippen LogP) is 3.21. The Morgan fingerprint density at radius 3 is 2.48 bits per heavy atom. The maximum absolute atomic E-state index is 12.6. The maximum atomic E-state index is 12.6. The summed E-state index contributed by atoms with van der Waals surface area (Å²) >= 11 is 5.99. The highest BCUT2D eigenvalue weighted by Crippen LogP contribution is 2.36. The molecule has 1 aliphatic heterocycles. The van der Waals surface area contributed by atoms with E-state index >= 15 is 0 Å². The molecule has 23 heavy (non-hydrogen) atoms. The van der Waals surface area contributed by atoms with Gasteiger partial charge >= 0.3 is 0 Å². The van der Waals surface area contributed by atoms with Crippen molar-refractivity contribution in [2.24, 2.45) is 11.8 Å². The van der Waals surface area contributed by atoms with Gasteiger partial charge in [0.1, 0.15) is 0 Å². The summed E-state index contributed by atoms with van der Waals surface area (Å²) in [6, 6.07) is 7.82. The van der Waals surface area contributed by atoms with Crippen molar-refractivity contribution in [3.8, 4) is 0 Å². The molecule has 1 heterocycles. The highest BCUT2D eigenvalue weighted by atomic mass is 35.5. The first kappa shape index (κ1) is 16.3. The Morgan fingerprint density at radius 2 is 1.87 bits per heavy atom. The number of piperidine rings is 1. The first-order chi connectivity index (χ1) is 11.1. The number of hydrogen-bond acceptors (Lipinski definition) is 2. The van der Waals surface area contributed by atoms with E-state index in [9.17, 15) is 9.59 Å². The van der Waals surface area contributed by atoms with E-state index in [0.717, 1.165) is 18.4 Å². The van der Waals surface area contributed by atoms with Crippen LogP contribution < -0.4 is 10.6 Å². The summed E-state index contributed by atoms with van der Waals surface area (Å²) in [5.41, 5.74) is 1.12. The number of hydrogen-bond donors (Lipinski definition) is 2. The molecule has 0 spiro atoms. The van der Waals surface area contributed by atoms with Gasteiger partial charge in [0.2, 0.25) is 11.8 Å². The van der Waals surface area contributed by atoms with Crippen LogP contribution in [-0.4, -0.2) is 18.4 Å². The van der Waals surface area contributed by atoms with Crippen LogP contribution in [0.1, 0.15) is 50.1 Å². The second-order valence-electron chi connectivity index (χ2n) is 6.62. The Kier molecular flexibility index (Phi) is 5.21. The molecule has 2 amide bonds. The molecule has 124 valence electrons. The number of rotatable bonds is 4. The van der Waals surface area contributed by atoms with Crippen molar-refractivity contribution in [1.29, 1.82) is 0 Å². The molecule has 0 radical (unpaired) electrons. The summed E-state index contributed by atoms with van der Waals surface area (Å²) < 4.78 is 0. The minimum Gasteiger partial charge on any atom is -0.355 e. The number of benzene rings is 1. The first-order valence-corrected chi connectivity index (χ1v) is 8.84. The molecular formula is C18H23ClN2O2. The van der Waals surface area contributed by atoms with Crippen LogP contribution in [0.25, 0.3) is 0 Å². The molecular weight excluding hydrogens is 312 g/mol.